The molecule has 0 aliphatic heterocycles. The average Bonchev–Trinajstić information content (AvgIpc) is 2.90. The van der Waals surface area contributed by atoms with E-state index in [2.05, 4.69) is 6.92 Å². The third-order valence-electron chi connectivity index (χ3n) is 2.94. The van der Waals surface area contributed by atoms with Crippen molar-refractivity contribution in [1.82, 2.24) is 0 Å². The first-order chi connectivity index (χ1) is 6.68. The van der Waals surface area contributed by atoms with E-state index in [1.165, 1.54) is 4.88 Å². The molecule has 14 heavy (non-hydrogen) atoms. The third kappa shape index (κ3) is 1.60. The molecule has 1 fully saturated rings. The van der Waals surface area contributed by atoms with E-state index in [0.29, 0.717) is 12.5 Å². The van der Waals surface area contributed by atoms with E-state index in [0.717, 1.165) is 18.4 Å². The molecule has 1 aliphatic carbocycles. The summed E-state index contributed by atoms with van der Waals surface area (Å²) in [6.07, 6.45) is 2.24. The second-order valence-electron chi connectivity index (χ2n) is 4.02. The lowest BCUT2D eigenvalue weighted by molar-refractivity contribution is -0.0533. The predicted molar refractivity (Wildman–Crippen MR) is 57.6 cm³/mol. The van der Waals surface area contributed by atoms with Crippen LogP contribution in [0.5, 0.6) is 0 Å². The fourth-order valence-corrected chi connectivity index (χ4v) is 2.81. The van der Waals surface area contributed by atoms with Crippen LogP contribution in [0.15, 0.2) is 11.4 Å². The summed E-state index contributed by atoms with van der Waals surface area (Å²) in [5.41, 5.74) is 0.325. The van der Waals surface area contributed by atoms with Crippen molar-refractivity contribution in [2.45, 2.75) is 25.4 Å². The van der Waals surface area contributed by atoms with Crippen molar-refractivity contribution in [2.75, 3.05) is 13.7 Å². The quantitative estimate of drug-likeness (QED) is 0.830. The van der Waals surface area contributed by atoms with Crippen molar-refractivity contribution in [3.63, 3.8) is 0 Å². The Hall–Kier alpha value is -0.380. The molecule has 0 bridgehead atoms. The lowest BCUT2D eigenvalue weighted by Gasteiger charge is -2.27. The fraction of sp³-hybridized carbons (Fsp3) is 0.636. The second kappa shape index (κ2) is 3.65. The van der Waals surface area contributed by atoms with Crippen LogP contribution in [0.25, 0.3) is 0 Å². The molecule has 0 spiro atoms. The van der Waals surface area contributed by atoms with Gasteiger partial charge in [-0.15, -0.1) is 11.3 Å². The SMILES string of the molecule is COCC(O)(c1ccsc1C)C1CC1. The standard InChI is InChI=1S/C11H16O2S/c1-8-10(5-6-14-8)11(12,7-13-2)9-3-4-9/h5-6,9,12H,3-4,7H2,1-2H3. The van der Waals surface area contributed by atoms with E-state index in [4.69, 9.17) is 4.74 Å². The van der Waals surface area contributed by atoms with Crippen molar-refractivity contribution in [1.29, 1.82) is 0 Å². The summed E-state index contributed by atoms with van der Waals surface area (Å²) in [5.74, 6) is 0.399. The van der Waals surface area contributed by atoms with Crippen molar-refractivity contribution >= 4 is 11.3 Å². The normalized spacial score (nSPS) is 20.8. The van der Waals surface area contributed by atoms with Crippen molar-refractivity contribution in [3.05, 3.63) is 21.9 Å². The van der Waals surface area contributed by atoms with Crippen LogP contribution in [0.3, 0.4) is 0 Å². The number of hydrogen-bond acceptors (Lipinski definition) is 3. The number of aryl methyl sites for hydroxylation is 1. The summed E-state index contributed by atoms with van der Waals surface area (Å²) >= 11 is 1.69. The molecule has 2 nitrogen and oxygen atoms in total. The minimum Gasteiger partial charge on any atom is -0.382 e. The van der Waals surface area contributed by atoms with Crippen LogP contribution in [0.1, 0.15) is 23.3 Å². The molecule has 2 rings (SSSR count). The van der Waals surface area contributed by atoms with Crippen LogP contribution >= 0.6 is 11.3 Å². The third-order valence-corrected chi connectivity index (χ3v) is 3.79. The van der Waals surface area contributed by atoms with Gasteiger partial charge in [-0.25, -0.2) is 0 Å². The van der Waals surface area contributed by atoms with Crippen LogP contribution in [0.4, 0.5) is 0 Å². The number of methoxy groups -OCH3 is 1. The lowest BCUT2D eigenvalue weighted by atomic mass is 9.90. The molecule has 1 N–H and O–H groups in total. The van der Waals surface area contributed by atoms with Crippen molar-refractivity contribution in [3.8, 4) is 0 Å². The number of aliphatic hydroxyl groups is 1. The van der Waals surface area contributed by atoms with Crippen molar-refractivity contribution in [2.24, 2.45) is 5.92 Å². The van der Waals surface area contributed by atoms with Crippen LogP contribution in [-0.2, 0) is 10.3 Å². The Labute approximate surface area is 88.5 Å². The molecule has 3 heteroatoms. The molecule has 1 aromatic rings. The Kier molecular flexibility index (Phi) is 2.64. The van der Waals surface area contributed by atoms with Crippen LogP contribution in [0.2, 0.25) is 0 Å². The van der Waals surface area contributed by atoms with Crippen LogP contribution in [0, 0.1) is 12.8 Å². The minimum atomic E-state index is -0.737. The zero-order chi connectivity index (χ0) is 10.2. The van der Waals surface area contributed by atoms with Gasteiger partial charge in [0, 0.05) is 12.0 Å². The smallest absolute Gasteiger partial charge is 0.117 e. The van der Waals surface area contributed by atoms with Gasteiger partial charge >= 0.3 is 0 Å². The number of hydrogen-bond donors (Lipinski definition) is 1. The summed E-state index contributed by atoms with van der Waals surface area (Å²) in [6.45, 7) is 2.47. The first kappa shape index (κ1) is 10.1. The van der Waals surface area contributed by atoms with E-state index in [1.807, 2.05) is 11.4 Å². The van der Waals surface area contributed by atoms with E-state index < -0.39 is 5.60 Å². The van der Waals surface area contributed by atoms with Gasteiger partial charge in [-0.2, -0.15) is 0 Å². The lowest BCUT2D eigenvalue weighted by Crippen LogP contribution is -2.33. The topological polar surface area (TPSA) is 29.5 Å². The van der Waals surface area contributed by atoms with E-state index in [-0.39, 0.29) is 0 Å². The molecular formula is C11H16O2S. The van der Waals surface area contributed by atoms with Gasteiger partial charge in [-0.3, -0.25) is 0 Å². The Morgan fingerprint density at radius 1 is 1.64 bits per heavy atom. The number of rotatable bonds is 4. The van der Waals surface area contributed by atoms with Gasteiger partial charge in [0.05, 0.1) is 6.61 Å². The van der Waals surface area contributed by atoms with E-state index >= 15 is 0 Å². The molecule has 0 radical (unpaired) electrons. The molecule has 78 valence electrons. The first-order valence-electron chi connectivity index (χ1n) is 4.94. The predicted octanol–water partition coefficient (Wildman–Crippen LogP) is 2.30. The molecule has 1 aliphatic rings. The van der Waals surface area contributed by atoms with Gasteiger partial charge in [-0.05, 0) is 42.7 Å². The highest BCUT2D eigenvalue weighted by molar-refractivity contribution is 7.10. The molecule has 1 saturated carbocycles. The summed E-state index contributed by atoms with van der Waals surface area (Å²) in [7, 11) is 1.65. The summed E-state index contributed by atoms with van der Waals surface area (Å²) in [6, 6.07) is 2.03. The number of thiophene rings is 1. The largest absolute Gasteiger partial charge is 0.382 e. The fourth-order valence-electron chi connectivity index (χ4n) is 2.03. The van der Waals surface area contributed by atoms with Gasteiger partial charge in [0.15, 0.2) is 0 Å². The molecule has 0 aromatic carbocycles. The Morgan fingerprint density at radius 3 is 2.79 bits per heavy atom. The van der Waals surface area contributed by atoms with Crippen LogP contribution < -0.4 is 0 Å². The zero-order valence-corrected chi connectivity index (χ0v) is 9.43. The Morgan fingerprint density at radius 2 is 2.36 bits per heavy atom. The van der Waals surface area contributed by atoms with Gasteiger partial charge < -0.3 is 9.84 Å². The highest BCUT2D eigenvalue weighted by Gasteiger charge is 2.46. The minimum absolute atomic E-state index is 0.399. The molecule has 1 aromatic heterocycles. The maximum Gasteiger partial charge on any atom is 0.117 e. The molecule has 1 unspecified atom stereocenters. The van der Waals surface area contributed by atoms with Crippen molar-refractivity contribution < 1.29 is 9.84 Å². The first-order valence-corrected chi connectivity index (χ1v) is 5.82. The molecule has 0 amide bonds. The van der Waals surface area contributed by atoms with Crippen LogP contribution in [-0.4, -0.2) is 18.8 Å². The summed E-state index contributed by atoms with van der Waals surface area (Å²) < 4.78 is 5.14. The highest BCUT2D eigenvalue weighted by Crippen LogP contribution is 2.47. The summed E-state index contributed by atoms with van der Waals surface area (Å²) in [4.78, 5) is 1.21. The Balaban J connectivity index is 2.30. The monoisotopic (exact) mass is 212 g/mol. The highest BCUT2D eigenvalue weighted by atomic mass is 32.1. The van der Waals surface area contributed by atoms with Gasteiger partial charge in [-0.1, -0.05) is 0 Å². The Bertz CT molecular complexity index is 317. The summed E-state index contributed by atoms with van der Waals surface area (Å²) in [5, 5.41) is 12.6. The average molecular weight is 212 g/mol. The zero-order valence-electron chi connectivity index (χ0n) is 8.62. The maximum atomic E-state index is 10.6. The van der Waals surface area contributed by atoms with E-state index in [1.54, 1.807) is 18.4 Å². The number of ether oxygens (including phenoxy) is 1. The molecule has 1 atom stereocenters. The molecule has 0 saturated heterocycles. The molecule has 1 heterocycles. The van der Waals surface area contributed by atoms with E-state index in [9.17, 15) is 5.11 Å². The van der Waals surface area contributed by atoms with Gasteiger partial charge in [0.25, 0.3) is 0 Å². The van der Waals surface area contributed by atoms with Gasteiger partial charge in [0.2, 0.25) is 0 Å². The second-order valence-corrected chi connectivity index (χ2v) is 5.14. The maximum absolute atomic E-state index is 10.6. The van der Waals surface area contributed by atoms with Gasteiger partial charge in [0.1, 0.15) is 5.60 Å². The molecular weight excluding hydrogens is 196 g/mol.